The van der Waals surface area contributed by atoms with Gasteiger partial charge >= 0.3 is 5.97 Å². The summed E-state index contributed by atoms with van der Waals surface area (Å²) in [6.45, 7) is 1.82. The number of rotatable bonds is 4. The molecule has 0 spiro atoms. The lowest BCUT2D eigenvalue weighted by atomic mass is 10.2. The van der Waals surface area contributed by atoms with Crippen LogP contribution in [-0.4, -0.2) is 37.0 Å². The van der Waals surface area contributed by atoms with Crippen LogP contribution in [0, 0.1) is 0 Å². The van der Waals surface area contributed by atoms with Crippen LogP contribution in [0.25, 0.3) is 16.9 Å². The largest absolute Gasteiger partial charge is 0.462 e. The zero-order valence-corrected chi connectivity index (χ0v) is 12.4. The van der Waals surface area contributed by atoms with Crippen molar-refractivity contribution in [2.24, 2.45) is 7.05 Å². The molecule has 0 aliphatic carbocycles. The van der Waals surface area contributed by atoms with Crippen molar-refractivity contribution in [1.29, 1.82) is 0 Å². The van der Waals surface area contributed by atoms with Crippen LogP contribution >= 0.6 is 0 Å². The fourth-order valence-electron chi connectivity index (χ4n) is 2.20. The average molecular weight is 321 g/mol. The summed E-state index contributed by atoms with van der Waals surface area (Å²) in [5, 5.41) is 7.83. The number of aryl methyl sites for hydroxylation is 1. The third-order valence-electron chi connectivity index (χ3n) is 3.22. The summed E-state index contributed by atoms with van der Waals surface area (Å²) in [7, 11) is 1.71. The first-order valence-electron chi connectivity index (χ1n) is 6.84. The molecule has 7 nitrogen and oxygen atoms in total. The van der Waals surface area contributed by atoms with Gasteiger partial charge in [0, 0.05) is 18.8 Å². The van der Waals surface area contributed by atoms with Gasteiger partial charge in [0.1, 0.15) is 11.3 Å². The van der Waals surface area contributed by atoms with Gasteiger partial charge in [-0.3, -0.25) is 4.68 Å². The first-order valence-corrected chi connectivity index (χ1v) is 6.84. The van der Waals surface area contributed by atoms with Crippen molar-refractivity contribution in [3.05, 3.63) is 35.9 Å². The molecule has 3 rings (SSSR count). The van der Waals surface area contributed by atoms with Gasteiger partial charge in [0.25, 0.3) is 6.43 Å². The second-order valence-electron chi connectivity index (χ2n) is 4.78. The second kappa shape index (κ2) is 5.75. The smallest absolute Gasteiger partial charge is 0.343 e. The zero-order valence-electron chi connectivity index (χ0n) is 12.4. The van der Waals surface area contributed by atoms with Crippen LogP contribution in [-0.2, 0) is 11.8 Å². The molecule has 0 atom stereocenters. The van der Waals surface area contributed by atoms with Crippen molar-refractivity contribution in [2.45, 2.75) is 13.3 Å². The highest BCUT2D eigenvalue weighted by Gasteiger charge is 2.22. The molecule has 3 heterocycles. The van der Waals surface area contributed by atoms with Crippen molar-refractivity contribution < 1.29 is 18.3 Å². The highest BCUT2D eigenvalue weighted by Crippen LogP contribution is 2.26. The van der Waals surface area contributed by atoms with Crippen LogP contribution < -0.4 is 0 Å². The number of carbonyl (C=O) groups excluding carboxylic acids is 1. The molecule has 3 aromatic rings. The SMILES string of the molecule is CCOC(=O)c1cnn2c(C(F)F)cc(-c3cnn(C)c3)nc12. The van der Waals surface area contributed by atoms with Crippen molar-refractivity contribution in [1.82, 2.24) is 24.4 Å². The first kappa shape index (κ1) is 15.1. The number of hydrogen-bond donors (Lipinski definition) is 0. The minimum absolute atomic E-state index is 0.0279. The lowest BCUT2D eigenvalue weighted by Crippen LogP contribution is -2.07. The highest BCUT2D eigenvalue weighted by atomic mass is 19.3. The molecule has 0 N–H and O–H groups in total. The van der Waals surface area contributed by atoms with E-state index in [1.807, 2.05) is 0 Å². The van der Waals surface area contributed by atoms with E-state index in [1.54, 1.807) is 20.2 Å². The summed E-state index contributed by atoms with van der Waals surface area (Å²) in [4.78, 5) is 16.2. The quantitative estimate of drug-likeness (QED) is 0.689. The summed E-state index contributed by atoms with van der Waals surface area (Å²) in [5.41, 5.74) is 0.559. The van der Waals surface area contributed by atoms with Gasteiger partial charge in [0.05, 0.1) is 24.7 Å². The number of hydrogen-bond acceptors (Lipinski definition) is 5. The Morgan fingerprint density at radius 3 is 2.74 bits per heavy atom. The van der Waals surface area contributed by atoms with Gasteiger partial charge in [-0.25, -0.2) is 23.1 Å². The van der Waals surface area contributed by atoms with Crippen LogP contribution in [0.5, 0.6) is 0 Å². The Hall–Kier alpha value is -2.84. The summed E-state index contributed by atoms with van der Waals surface area (Å²) >= 11 is 0. The second-order valence-corrected chi connectivity index (χ2v) is 4.78. The molecular formula is C14H13F2N5O2. The van der Waals surface area contributed by atoms with E-state index in [1.165, 1.54) is 23.1 Å². The van der Waals surface area contributed by atoms with Gasteiger partial charge in [0.2, 0.25) is 0 Å². The van der Waals surface area contributed by atoms with Crippen molar-refractivity contribution in [2.75, 3.05) is 6.61 Å². The molecule has 0 aliphatic rings. The summed E-state index contributed by atoms with van der Waals surface area (Å²) in [5.74, 6) is -0.654. The van der Waals surface area contributed by atoms with E-state index in [0.717, 1.165) is 4.52 Å². The van der Waals surface area contributed by atoms with E-state index in [2.05, 4.69) is 15.2 Å². The van der Waals surface area contributed by atoms with Crippen LogP contribution in [0.3, 0.4) is 0 Å². The van der Waals surface area contributed by atoms with E-state index in [0.29, 0.717) is 5.56 Å². The van der Waals surface area contributed by atoms with Crippen LogP contribution in [0.15, 0.2) is 24.7 Å². The van der Waals surface area contributed by atoms with Gasteiger partial charge in [-0.15, -0.1) is 0 Å². The molecule has 0 saturated carbocycles. The number of nitrogens with zero attached hydrogens (tertiary/aromatic N) is 5. The standard InChI is InChI=1S/C14H13F2N5O2/c1-3-23-14(22)9-6-18-21-11(12(15)16)4-10(19-13(9)21)8-5-17-20(2)7-8/h4-7,12H,3H2,1-2H3. The molecule has 0 aliphatic heterocycles. The number of carbonyl (C=O) groups is 1. The molecule has 120 valence electrons. The molecule has 9 heteroatoms. The van der Waals surface area contributed by atoms with Crippen molar-refractivity contribution in [3.63, 3.8) is 0 Å². The van der Waals surface area contributed by atoms with Crippen LogP contribution in [0.2, 0.25) is 0 Å². The van der Waals surface area contributed by atoms with E-state index in [4.69, 9.17) is 4.74 Å². The number of halogens is 2. The van der Waals surface area contributed by atoms with Crippen LogP contribution in [0.1, 0.15) is 29.4 Å². The number of alkyl halides is 2. The van der Waals surface area contributed by atoms with Gasteiger partial charge in [-0.1, -0.05) is 0 Å². The predicted octanol–water partition coefficient (Wildman–Crippen LogP) is 2.24. The zero-order chi connectivity index (χ0) is 16.6. The van der Waals surface area contributed by atoms with Gasteiger partial charge in [0.15, 0.2) is 5.65 Å². The van der Waals surface area contributed by atoms with E-state index in [9.17, 15) is 13.6 Å². The first-order chi connectivity index (χ1) is 11.0. The molecular weight excluding hydrogens is 308 g/mol. The lowest BCUT2D eigenvalue weighted by molar-refractivity contribution is 0.0528. The topological polar surface area (TPSA) is 74.3 Å². The number of fused-ring (bicyclic) bond motifs is 1. The van der Waals surface area contributed by atoms with E-state index < -0.39 is 12.4 Å². The van der Waals surface area contributed by atoms with Gasteiger partial charge in [-0.05, 0) is 13.0 Å². The van der Waals surface area contributed by atoms with Crippen molar-refractivity contribution >= 4 is 11.6 Å². The Balaban J connectivity index is 2.23. The Labute approximate surface area is 129 Å². The monoisotopic (exact) mass is 321 g/mol. The fourth-order valence-corrected chi connectivity index (χ4v) is 2.20. The molecule has 0 unspecified atom stereocenters. The predicted molar refractivity (Wildman–Crippen MR) is 76.1 cm³/mol. The molecule has 0 fully saturated rings. The highest BCUT2D eigenvalue weighted by molar-refractivity contribution is 5.95. The maximum Gasteiger partial charge on any atom is 0.343 e. The fraction of sp³-hybridized carbons (Fsp3) is 0.286. The van der Waals surface area contributed by atoms with E-state index in [-0.39, 0.29) is 29.2 Å². The lowest BCUT2D eigenvalue weighted by Gasteiger charge is -2.07. The molecule has 3 aromatic heterocycles. The number of ether oxygens (including phenoxy) is 1. The van der Waals surface area contributed by atoms with Crippen molar-refractivity contribution in [3.8, 4) is 11.3 Å². The Morgan fingerprint density at radius 2 is 2.13 bits per heavy atom. The summed E-state index contributed by atoms with van der Waals surface area (Å²) in [6, 6.07) is 1.23. The number of esters is 1. The van der Waals surface area contributed by atoms with Gasteiger partial charge in [-0.2, -0.15) is 10.2 Å². The summed E-state index contributed by atoms with van der Waals surface area (Å²) in [6.07, 6.45) is 1.56. The molecule has 0 bridgehead atoms. The van der Waals surface area contributed by atoms with Crippen LogP contribution in [0.4, 0.5) is 8.78 Å². The van der Waals surface area contributed by atoms with Gasteiger partial charge < -0.3 is 4.74 Å². The minimum Gasteiger partial charge on any atom is -0.462 e. The Bertz CT molecular complexity index is 871. The Morgan fingerprint density at radius 1 is 1.35 bits per heavy atom. The average Bonchev–Trinajstić information content (AvgIpc) is 3.12. The maximum atomic E-state index is 13.3. The molecule has 0 amide bonds. The normalized spacial score (nSPS) is 11.3. The number of aromatic nitrogens is 5. The molecule has 0 saturated heterocycles. The minimum atomic E-state index is -2.77. The summed E-state index contributed by atoms with van der Waals surface area (Å²) < 4.78 is 34.1. The molecule has 0 radical (unpaired) electrons. The third kappa shape index (κ3) is 2.65. The third-order valence-corrected chi connectivity index (χ3v) is 3.22. The molecule has 0 aromatic carbocycles. The maximum absolute atomic E-state index is 13.3. The molecule has 23 heavy (non-hydrogen) atoms. The Kier molecular flexibility index (Phi) is 3.77. The van der Waals surface area contributed by atoms with E-state index >= 15 is 0 Å².